The van der Waals surface area contributed by atoms with E-state index in [0.717, 1.165) is 12.0 Å². The molecular weight excluding hydrogens is 256 g/mol. The van der Waals surface area contributed by atoms with E-state index < -0.39 is 11.9 Å². The molecule has 5 nitrogen and oxygen atoms in total. The zero-order valence-corrected chi connectivity index (χ0v) is 11.7. The Kier molecular flexibility index (Phi) is 5.73. The molecule has 0 spiro atoms. The number of nitriles is 1. The monoisotopic (exact) mass is 274 g/mol. The zero-order valence-electron chi connectivity index (χ0n) is 11.7. The molecule has 0 saturated carbocycles. The Morgan fingerprint density at radius 3 is 2.40 bits per heavy atom. The van der Waals surface area contributed by atoms with Gasteiger partial charge in [0.25, 0.3) is 0 Å². The third-order valence-corrected chi connectivity index (χ3v) is 3.00. The van der Waals surface area contributed by atoms with Crippen molar-refractivity contribution in [2.24, 2.45) is 5.92 Å². The van der Waals surface area contributed by atoms with Crippen LogP contribution in [0, 0.1) is 17.2 Å². The Labute approximate surface area is 118 Å². The average molecular weight is 274 g/mol. The predicted molar refractivity (Wildman–Crippen MR) is 73.7 cm³/mol. The summed E-state index contributed by atoms with van der Waals surface area (Å²) in [5.41, 5.74) is 1.43. The van der Waals surface area contributed by atoms with Crippen molar-refractivity contribution in [2.75, 3.05) is 6.54 Å². The summed E-state index contributed by atoms with van der Waals surface area (Å²) in [6.07, 6.45) is 0.758. The first-order chi connectivity index (χ1) is 9.49. The predicted octanol–water partition coefficient (Wildman–Crippen LogP) is 2.02. The molecule has 0 bridgehead atoms. The maximum absolute atomic E-state index is 12.1. The topological polar surface area (TPSA) is 81.4 Å². The number of nitrogens with zero attached hydrogens (tertiary/aromatic N) is 2. The van der Waals surface area contributed by atoms with Crippen LogP contribution in [0.3, 0.4) is 0 Å². The summed E-state index contributed by atoms with van der Waals surface area (Å²) in [5, 5.41) is 17.7. The third-order valence-electron chi connectivity index (χ3n) is 3.00. The number of carboxylic acid groups (broad SMARTS) is 1. The SMILES string of the molecule is CCCN(Cc1ccc(C#N)cc1)C(=O)C(C)C(=O)O. The average Bonchev–Trinajstić information content (AvgIpc) is 2.46. The third kappa shape index (κ3) is 4.09. The second-order valence-electron chi connectivity index (χ2n) is 4.63. The second kappa shape index (κ2) is 7.29. The van der Waals surface area contributed by atoms with E-state index in [9.17, 15) is 9.59 Å². The molecule has 1 atom stereocenters. The summed E-state index contributed by atoms with van der Waals surface area (Å²) in [6.45, 7) is 4.20. The molecule has 1 rings (SSSR count). The molecule has 1 unspecified atom stereocenters. The Balaban J connectivity index is 2.83. The molecule has 1 aromatic carbocycles. The number of aliphatic carboxylic acids is 1. The lowest BCUT2D eigenvalue weighted by Crippen LogP contribution is -2.38. The van der Waals surface area contributed by atoms with E-state index >= 15 is 0 Å². The molecule has 1 aromatic rings. The lowest BCUT2D eigenvalue weighted by molar-refractivity contribution is -0.150. The fraction of sp³-hybridized carbons (Fsp3) is 0.400. The molecule has 5 heteroatoms. The minimum atomic E-state index is -1.11. The highest BCUT2D eigenvalue weighted by Gasteiger charge is 2.25. The first-order valence-electron chi connectivity index (χ1n) is 6.50. The Hall–Kier alpha value is -2.35. The van der Waals surface area contributed by atoms with Crippen LogP contribution in [0.1, 0.15) is 31.4 Å². The maximum atomic E-state index is 12.1. The van der Waals surface area contributed by atoms with Gasteiger partial charge in [-0.05, 0) is 31.0 Å². The van der Waals surface area contributed by atoms with Crippen molar-refractivity contribution in [3.63, 3.8) is 0 Å². The first-order valence-corrected chi connectivity index (χ1v) is 6.50. The van der Waals surface area contributed by atoms with E-state index in [1.807, 2.05) is 13.0 Å². The fourth-order valence-electron chi connectivity index (χ4n) is 1.82. The number of carboxylic acids is 1. The number of amides is 1. The van der Waals surface area contributed by atoms with Gasteiger partial charge in [0.15, 0.2) is 0 Å². The number of carbonyl (C=O) groups is 2. The number of carbonyl (C=O) groups excluding carboxylic acids is 1. The van der Waals surface area contributed by atoms with Crippen molar-refractivity contribution >= 4 is 11.9 Å². The Bertz CT molecular complexity index is 517. The number of hydrogen-bond acceptors (Lipinski definition) is 3. The summed E-state index contributed by atoms with van der Waals surface area (Å²) in [5.74, 6) is -2.54. The number of hydrogen-bond donors (Lipinski definition) is 1. The van der Waals surface area contributed by atoms with Gasteiger partial charge in [-0.2, -0.15) is 5.26 Å². The summed E-state index contributed by atoms with van der Waals surface area (Å²) in [7, 11) is 0. The van der Waals surface area contributed by atoms with Crippen LogP contribution in [0.2, 0.25) is 0 Å². The summed E-state index contributed by atoms with van der Waals surface area (Å²) in [4.78, 5) is 24.5. The van der Waals surface area contributed by atoms with E-state index in [1.54, 1.807) is 29.2 Å². The van der Waals surface area contributed by atoms with Gasteiger partial charge in [-0.15, -0.1) is 0 Å². The molecule has 0 fully saturated rings. The van der Waals surface area contributed by atoms with Crippen molar-refractivity contribution in [3.05, 3.63) is 35.4 Å². The van der Waals surface area contributed by atoms with Gasteiger partial charge in [0.2, 0.25) is 5.91 Å². The van der Waals surface area contributed by atoms with Crippen LogP contribution in [-0.4, -0.2) is 28.4 Å². The minimum Gasteiger partial charge on any atom is -0.481 e. The standard InChI is InChI=1S/C15H18N2O3/c1-3-8-17(14(18)11(2)15(19)20)10-13-6-4-12(9-16)5-7-13/h4-7,11H,3,8,10H2,1-2H3,(H,19,20). The highest BCUT2D eigenvalue weighted by molar-refractivity contribution is 5.96. The number of rotatable bonds is 6. The quantitative estimate of drug-likeness (QED) is 0.805. The molecule has 0 radical (unpaired) electrons. The van der Waals surface area contributed by atoms with Gasteiger partial charge >= 0.3 is 5.97 Å². The van der Waals surface area contributed by atoms with Crippen LogP contribution in [0.5, 0.6) is 0 Å². The molecule has 0 aliphatic rings. The van der Waals surface area contributed by atoms with Gasteiger partial charge in [-0.1, -0.05) is 19.1 Å². The second-order valence-corrected chi connectivity index (χ2v) is 4.63. The van der Waals surface area contributed by atoms with Crippen LogP contribution in [0.4, 0.5) is 0 Å². The van der Waals surface area contributed by atoms with Crippen molar-refractivity contribution < 1.29 is 14.7 Å². The van der Waals surface area contributed by atoms with E-state index in [2.05, 4.69) is 0 Å². The molecule has 0 heterocycles. The van der Waals surface area contributed by atoms with Gasteiger partial charge in [-0.3, -0.25) is 9.59 Å². The number of benzene rings is 1. The van der Waals surface area contributed by atoms with Crippen LogP contribution in [-0.2, 0) is 16.1 Å². The van der Waals surface area contributed by atoms with Crippen molar-refractivity contribution in [2.45, 2.75) is 26.8 Å². The normalized spacial score (nSPS) is 11.4. The minimum absolute atomic E-state index is 0.357. The van der Waals surface area contributed by atoms with Crippen molar-refractivity contribution in [1.29, 1.82) is 5.26 Å². The summed E-state index contributed by atoms with van der Waals surface area (Å²) >= 11 is 0. The first kappa shape index (κ1) is 15.7. The van der Waals surface area contributed by atoms with Crippen LogP contribution in [0.15, 0.2) is 24.3 Å². The molecule has 0 aliphatic heterocycles. The van der Waals surface area contributed by atoms with Gasteiger partial charge in [0.1, 0.15) is 5.92 Å². The van der Waals surface area contributed by atoms with Crippen LogP contribution in [0.25, 0.3) is 0 Å². The Morgan fingerprint density at radius 1 is 1.35 bits per heavy atom. The van der Waals surface area contributed by atoms with Gasteiger partial charge < -0.3 is 10.0 Å². The molecule has 0 aliphatic carbocycles. The van der Waals surface area contributed by atoms with Crippen molar-refractivity contribution in [3.8, 4) is 6.07 Å². The Morgan fingerprint density at radius 2 is 1.95 bits per heavy atom. The summed E-state index contributed by atoms with van der Waals surface area (Å²) < 4.78 is 0. The summed E-state index contributed by atoms with van der Waals surface area (Å²) in [6, 6.07) is 8.96. The maximum Gasteiger partial charge on any atom is 0.315 e. The lowest BCUT2D eigenvalue weighted by atomic mass is 10.1. The zero-order chi connectivity index (χ0) is 15.1. The lowest BCUT2D eigenvalue weighted by Gasteiger charge is -2.24. The molecule has 1 amide bonds. The molecular formula is C15H18N2O3. The highest BCUT2D eigenvalue weighted by Crippen LogP contribution is 2.11. The van der Waals surface area contributed by atoms with E-state index in [-0.39, 0.29) is 5.91 Å². The molecule has 0 saturated heterocycles. The van der Waals surface area contributed by atoms with E-state index in [0.29, 0.717) is 18.7 Å². The molecule has 1 N–H and O–H groups in total. The largest absolute Gasteiger partial charge is 0.481 e. The van der Waals surface area contributed by atoms with Crippen LogP contribution >= 0.6 is 0 Å². The fourth-order valence-corrected chi connectivity index (χ4v) is 1.82. The van der Waals surface area contributed by atoms with Gasteiger partial charge in [-0.25, -0.2) is 0 Å². The molecule has 106 valence electrons. The van der Waals surface area contributed by atoms with Gasteiger partial charge in [0, 0.05) is 13.1 Å². The van der Waals surface area contributed by atoms with Crippen LogP contribution < -0.4 is 0 Å². The van der Waals surface area contributed by atoms with Gasteiger partial charge in [0.05, 0.1) is 11.6 Å². The highest BCUT2D eigenvalue weighted by atomic mass is 16.4. The smallest absolute Gasteiger partial charge is 0.315 e. The molecule has 20 heavy (non-hydrogen) atoms. The van der Waals surface area contributed by atoms with E-state index in [4.69, 9.17) is 10.4 Å². The molecule has 0 aromatic heterocycles. The van der Waals surface area contributed by atoms with Crippen molar-refractivity contribution in [1.82, 2.24) is 4.90 Å². The van der Waals surface area contributed by atoms with E-state index in [1.165, 1.54) is 6.92 Å².